The summed E-state index contributed by atoms with van der Waals surface area (Å²) in [5.74, 6) is 0. The molecule has 0 amide bonds. The van der Waals surface area contributed by atoms with E-state index < -0.39 is 10.4 Å². The minimum absolute atomic E-state index is 0.0675. The van der Waals surface area contributed by atoms with E-state index in [2.05, 4.69) is 9.18 Å². The standard InChI is InChI=1S/C5H11NO4S/c1-5(6-2)3-4-10-11(7,8)9/h3-4H2,1-2H3,(H,7,8,9)/b6-5-. The second-order valence-corrected chi connectivity index (χ2v) is 3.05. The molecule has 0 saturated carbocycles. The Balaban J connectivity index is 3.60. The third-order valence-corrected chi connectivity index (χ3v) is 1.54. The van der Waals surface area contributed by atoms with Crippen LogP contribution in [0.4, 0.5) is 0 Å². The zero-order chi connectivity index (χ0) is 8.91. The van der Waals surface area contributed by atoms with E-state index in [-0.39, 0.29) is 6.61 Å². The van der Waals surface area contributed by atoms with Gasteiger partial charge in [0.25, 0.3) is 0 Å². The third kappa shape index (κ3) is 7.44. The highest BCUT2D eigenvalue weighted by atomic mass is 32.3. The summed E-state index contributed by atoms with van der Waals surface area (Å²) < 4.78 is 32.2. The van der Waals surface area contributed by atoms with E-state index in [1.54, 1.807) is 14.0 Å². The van der Waals surface area contributed by atoms with E-state index in [0.29, 0.717) is 6.42 Å². The fourth-order valence-electron chi connectivity index (χ4n) is 0.406. The zero-order valence-corrected chi connectivity index (χ0v) is 7.26. The molecule has 5 nitrogen and oxygen atoms in total. The third-order valence-electron chi connectivity index (χ3n) is 1.08. The molecule has 0 aromatic rings. The molecule has 0 heterocycles. The first kappa shape index (κ1) is 10.5. The summed E-state index contributed by atoms with van der Waals surface area (Å²) in [6, 6.07) is 0. The first-order valence-corrected chi connectivity index (χ1v) is 4.36. The van der Waals surface area contributed by atoms with Crippen LogP contribution >= 0.6 is 0 Å². The largest absolute Gasteiger partial charge is 0.397 e. The van der Waals surface area contributed by atoms with Crippen molar-refractivity contribution >= 4 is 16.1 Å². The highest BCUT2D eigenvalue weighted by molar-refractivity contribution is 7.80. The Morgan fingerprint density at radius 3 is 2.55 bits per heavy atom. The fraction of sp³-hybridized carbons (Fsp3) is 0.800. The molecule has 0 saturated heterocycles. The van der Waals surface area contributed by atoms with E-state index in [9.17, 15) is 8.42 Å². The maximum Gasteiger partial charge on any atom is 0.397 e. The second kappa shape index (κ2) is 4.42. The van der Waals surface area contributed by atoms with Gasteiger partial charge in [-0.3, -0.25) is 9.55 Å². The SMILES string of the molecule is C/N=C(/C)CCOS(=O)(=O)O. The zero-order valence-electron chi connectivity index (χ0n) is 6.44. The number of aliphatic imine (C=N–C) groups is 1. The molecule has 0 atom stereocenters. The minimum atomic E-state index is -4.28. The average Bonchev–Trinajstić information content (AvgIpc) is 1.85. The lowest BCUT2D eigenvalue weighted by molar-refractivity contribution is 0.276. The van der Waals surface area contributed by atoms with Crippen LogP contribution in [0, 0.1) is 0 Å². The molecule has 6 heteroatoms. The van der Waals surface area contributed by atoms with Gasteiger partial charge in [0, 0.05) is 19.2 Å². The Bertz CT molecular complexity index is 231. The summed E-state index contributed by atoms with van der Waals surface area (Å²) in [6.07, 6.45) is 0.399. The molecule has 0 spiro atoms. The maximum atomic E-state index is 9.99. The molecule has 0 aliphatic carbocycles. The van der Waals surface area contributed by atoms with Gasteiger partial charge in [-0.15, -0.1) is 0 Å². The molecule has 11 heavy (non-hydrogen) atoms. The van der Waals surface area contributed by atoms with Crippen LogP contribution in [0.3, 0.4) is 0 Å². The highest BCUT2D eigenvalue weighted by Crippen LogP contribution is 1.91. The minimum Gasteiger partial charge on any atom is -0.298 e. The number of hydrogen-bond acceptors (Lipinski definition) is 4. The van der Waals surface area contributed by atoms with Gasteiger partial charge in [-0.05, 0) is 6.92 Å². The molecule has 0 aliphatic heterocycles. The van der Waals surface area contributed by atoms with Crippen molar-refractivity contribution < 1.29 is 17.2 Å². The van der Waals surface area contributed by atoms with Crippen LogP contribution < -0.4 is 0 Å². The van der Waals surface area contributed by atoms with Crippen LogP contribution in [0.15, 0.2) is 4.99 Å². The van der Waals surface area contributed by atoms with Gasteiger partial charge in [-0.25, -0.2) is 4.18 Å². The monoisotopic (exact) mass is 181 g/mol. The van der Waals surface area contributed by atoms with Gasteiger partial charge in [0.2, 0.25) is 0 Å². The lowest BCUT2D eigenvalue weighted by atomic mass is 10.3. The number of hydrogen-bond donors (Lipinski definition) is 1. The van der Waals surface area contributed by atoms with Crippen molar-refractivity contribution in [3.8, 4) is 0 Å². The lowest BCUT2D eigenvalue weighted by Gasteiger charge is -1.98. The topological polar surface area (TPSA) is 76.0 Å². The average molecular weight is 181 g/mol. The van der Waals surface area contributed by atoms with E-state index >= 15 is 0 Å². The molecule has 0 aliphatic rings. The van der Waals surface area contributed by atoms with Crippen molar-refractivity contribution in [2.75, 3.05) is 13.7 Å². The van der Waals surface area contributed by atoms with E-state index in [1.165, 1.54) is 0 Å². The van der Waals surface area contributed by atoms with Crippen LogP contribution in [-0.4, -0.2) is 32.3 Å². The van der Waals surface area contributed by atoms with E-state index in [1.807, 2.05) is 0 Å². The Morgan fingerprint density at radius 2 is 2.18 bits per heavy atom. The molecule has 0 bridgehead atoms. The lowest BCUT2D eigenvalue weighted by Crippen LogP contribution is -2.07. The van der Waals surface area contributed by atoms with Crippen LogP contribution in [0.1, 0.15) is 13.3 Å². The summed E-state index contributed by atoms with van der Waals surface area (Å²) in [6.45, 7) is 1.68. The fourth-order valence-corrected chi connectivity index (χ4v) is 0.700. The van der Waals surface area contributed by atoms with Crippen molar-refractivity contribution in [1.29, 1.82) is 0 Å². The predicted molar refractivity (Wildman–Crippen MR) is 41.2 cm³/mol. The summed E-state index contributed by atoms with van der Waals surface area (Å²) in [5, 5.41) is 0. The Kier molecular flexibility index (Phi) is 4.24. The summed E-state index contributed by atoms with van der Waals surface area (Å²) in [5.41, 5.74) is 0.772. The van der Waals surface area contributed by atoms with Crippen molar-refractivity contribution in [3.05, 3.63) is 0 Å². The molecular weight excluding hydrogens is 170 g/mol. The highest BCUT2D eigenvalue weighted by Gasteiger charge is 2.03. The van der Waals surface area contributed by atoms with Crippen LogP contribution in [0.2, 0.25) is 0 Å². The molecule has 0 unspecified atom stereocenters. The van der Waals surface area contributed by atoms with Crippen LogP contribution in [-0.2, 0) is 14.6 Å². The van der Waals surface area contributed by atoms with Gasteiger partial charge in [-0.1, -0.05) is 0 Å². The molecule has 0 rings (SSSR count). The molecule has 0 aromatic heterocycles. The Hall–Kier alpha value is -0.460. The smallest absolute Gasteiger partial charge is 0.298 e. The van der Waals surface area contributed by atoms with E-state index in [0.717, 1.165) is 5.71 Å². The first-order chi connectivity index (χ1) is 4.95. The number of rotatable bonds is 4. The van der Waals surface area contributed by atoms with Gasteiger partial charge >= 0.3 is 10.4 Å². The molecular formula is C5H11NO4S. The molecule has 0 aromatic carbocycles. The van der Waals surface area contributed by atoms with E-state index in [4.69, 9.17) is 4.55 Å². The molecule has 0 radical (unpaired) electrons. The Morgan fingerprint density at radius 1 is 1.64 bits per heavy atom. The van der Waals surface area contributed by atoms with Gasteiger partial charge in [0.1, 0.15) is 0 Å². The van der Waals surface area contributed by atoms with Crippen molar-refractivity contribution in [2.24, 2.45) is 4.99 Å². The molecule has 0 fully saturated rings. The maximum absolute atomic E-state index is 9.99. The van der Waals surface area contributed by atoms with Gasteiger partial charge < -0.3 is 0 Å². The van der Waals surface area contributed by atoms with Gasteiger partial charge in [0.15, 0.2) is 0 Å². The first-order valence-electron chi connectivity index (χ1n) is 3.00. The Labute approximate surface area is 66.0 Å². The van der Waals surface area contributed by atoms with Crippen molar-refractivity contribution in [3.63, 3.8) is 0 Å². The quantitative estimate of drug-likeness (QED) is 0.499. The predicted octanol–water partition coefficient (Wildman–Crippen LogP) is 0.287. The normalized spacial score (nSPS) is 13.5. The van der Waals surface area contributed by atoms with Crippen molar-refractivity contribution in [1.82, 2.24) is 0 Å². The number of nitrogens with zero attached hydrogens (tertiary/aromatic N) is 1. The molecule has 66 valence electrons. The summed E-state index contributed by atoms with van der Waals surface area (Å²) >= 11 is 0. The molecule has 1 N–H and O–H groups in total. The van der Waals surface area contributed by atoms with Crippen LogP contribution in [0.25, 0.3) is 0 Å². The summed E-state index contributed by atoms with van der Waals surface area (Å²) in [4.78, 5) is 3.77. The summed E-state index contributed by atoms with van der Waals surface area (Å²) in [7, 11) is -2.68. The van der Waals surface area contributed by atoms with Gasteiger partial charge in [-0.2, -0.15) is 8.42 Å². The van der Waals surface area contributed by atoms with Crippen LogP contribution in [0.5, 0.6) is 0 Å². The van der Waals surface area contributed by atoms with Crippen molar-refractivity contribution in [2.45, 2.75) is 13.3 Å². The second-order valence-electron chi connectivity index (χ2n) is 1.96. The van der Waals surface area contributed by atoms with Gasteiger partial charge in [0.05, 0.1) is 6.61 Å².